The van der Waals surface area contributed by atoms with Crippen LogP contribution in [-0.4, -0.2) is 35.2 Å². The van der Waals surface area contributed by atoms with Gasteiger partial charge in [-0.3, -0.25) is 9.59 Å². The molecule has 22 heavy (non-hydrogen) atoms. The largest absolute Gasteiger partial charge is 0.481 e. The number of ether oxygens (including phenoxy) is 1. The molecule has 1 N–H and O–H groups in total. The summed E-state index contributed by atoms with van der Waals surface area (Å²) in [5.41, 5.74) is 2.03. The first-order chi connectivity index (χ1) is 10.6. The fraction of sp³-hybridized carbons (Fsp3) is 0.412. The Bertz CT molecular complexity index is 683. The van der Waals surface area contributed by atoms with Crippen molar-refractivity contribution < 1.29 is 19.4 Å². The van der Waals surface area contributed by atoms with Crippen LogP contribution in [0.25, 0.3) is 0 Å². The van der Waals surface area contributed by atoms with Gasteiger partial charge in [0, 0.05) is 11.7 Å². The summed E-state index contributed by atoms with van der Waals surface area (Å²) in [5.74, 6) is -2.53. The van der Waals surface area contributed by atoms with E-state index in [1.54, 1.807) is 11.0 Å². The fourth-order valence-electron chi connectivity index (χ4n) is 3.96. The second-order valence-corrected chi connectivity index (χ2v) is 6.23. The number of hydrogen-bond donors (Lipinski definition) is 1. The van der Waals surface area contributed by atoms with Crippen molar-refractivity contribution in [2.45, 2.75) is 31.6 Å². The van der Waals surface area contributed by atoms with Crippen molar-refractivity contribution in [2.24, 2.45) is 11.8 Å². The molecule has 114 valence electrons. The standard InChI is InChI=1S/C17H17NO4/c1-9-8-10-4-2-3-5-11(10)18(9)16(19)14-12-6-7-13(22-12)15(14)17(20)21/h2-7,9,12-15H,8H2,1H3,(H,20,21)/t9-,12-,13-,14-,15-/m1/s1. The lowest BCUT2D eigenvalue weighted by Crippen LogP contribution is -2.47. The maximum Gasteiger partial charge on any atom is 0.310 e. The lowest BCUT2D eigenvalue weighted by atomic mass is 9.82. The van der Waals surface area contributed by atoms with Crippen molar-refractivity contribution in [3.05, 3.63) is 42.0 Å². The van der Waals surface area contributed by atoms with Gasteiger partial charge < -0.3 is 14.7 Å². The van der Waals surface area contributed by atoms with Gasteiger partial charge in [0.2, 0.25) is 5.91 Å². The molecule has 0 unspecified atom stereocenters. The van der Waals surface area contributed by atoms with Crippen LogP contribution in [0, 0.1) is 11.8 Å². The highest BCUT2D eigenvalue weighted by Crippen LogP contribution is 2.43. The summed E-state index contributed by atoms with van der Waals surface area (Å²) in [6, 6.07) is 7.86. The topological polar surface area (TPSA) is 66.8 Å². The number of carboxylic acids is 1. The van der Waals surface area contributed by atoms with E-state index in [4.69, 9.17) is 4.74 Å². The monoisotopic (exact) mass is 299 g/mol. The van der Waals surface area contributed by atoms with Crippen LogP contribution in [0.15, 0.2) is 36.4 Å². The molecule has 0 spiro atoms. The molecular weight excluding hydrogens is 282 g/mol. The summed E-state index contributed by atoms with van der Waals surface area (Å²) >= 11 is 0. The third-order valence-electron chi connectivity index (χ3n) is 4.91. The van der Waals surface area contributed by atoms with E-state index >= 15 is 0 Å². The number of hydrogen-bond acceptors (Lipinski definition) is 3. The molecular formula is C17H17NO4. The van der Waals surface area contributed by atoms with Crippen LogP contribution in [0.1, 0.15) is 12.5 Å². The number of carbonyl (C=O) groups is 2. The Morgan fingerprint density at radius 3 is 2.59 bits per heavy atom. The number of carboxylic acid groups (broad SMARTS) is 1. The van der Waals surface area contributed by atoms with E-state index in [-0.39, 0.29) is 11.9 Å². The number of amides is 1. The number of para-hydroxylation sites is 1. The minimum Gasteiger partial charge on any atom is -0.481 e. The van der Waals surface area contributed by atoms with Gasteiger partial charge in [-0.25, -0.2) is 0 Å². The minimum atomic E-state index is -0.963. The summed E-state index contributed by atoms with van der Waals surface area (Å²) in [4.78, 5) is 26.4. The van der Waals surface area contributed by atoms with E-state index in [0.717, 1.165) is 17.7 Å². The first-order valence-electron chi connectivity index (χ1n) is 7.55. The molecule has 3 aliphatic rings. The molecule has 1 saturated heterocycles. The van der Waals surface area contributed by atoms with Gasteiger partial charge in [-0.1, -0.05) is 30.4 Å². The van der Waals surface area contributed by atoms with Gasteiger partial charge in [-0.05, 0) is 25.0 Å². The van der Waals surface area contributed by atoms with Crippen molar-refractivity contribution in [1.29, 1.82) is 0 Å². The lowest BCUT2D eigenvalue weighted by Gasteiger charge is -2.29. The molecule has 2 bridgehead atoms. The van der Waals surface area contributed by atoms with Gasteiger partial charge in [0.15, 0.2) is 0 Å². The summed E-state index contributed by atoms with van der Waals surface area (Å²) in [5, 5.41) is 9.47. The van der Waals surface area contributed by atoms with E-state index in [2.05, 4.69) is 0 Å². The molecule has 1 fully saturated rings. The zero-order valence-corrected chi connectivity index (χ0v) is 12.2. The molecule has 1 amide bonds. The summed E-state index contributed by atoms with van der Waals surface area (Å²) < 4.78 is 5.62. The van der Waals surface area contributed by atoms with Crippen LogP contribution in [0.3, 0.4) is 0 Å². The van der Waals surface area contributed by atoms with E-state index in [1.807, 2.05) is 37.3 Å². The molecule has 0 aliphatic carbocycles. The predicted octanol–water partition coefficient (Wildman–Crippen LogP) is 1.62. The van der Waals surface area contributed by atoms with Crippen LogP contribution in [0.2, 0.25) is 0 Å². The van der Waals surface area contributed by atoms with Crippen LogP contribution in [0.5, 0.6) is 0 Å². The zero-order valence-electron chi connectivity index (χ0n) is 12.2. The lowest BCUT2D eigenvalue weighted by molar-refractivity contribution is -0.146. The number of carbonyl (C=O) groups excluding carboxylic acids is 1. The Morgan fingerprint density at radius 2 is 1.86 bits per heavy atom. The van der Waals surface area contributed by atoms with Crippen LogP contribution in [-0.2, 0) is 20.7 Å². The molecule has 5 atom stereocenters. The van der Waals surface area contributed by atoms with Crippen LogP contribution in [0.4, 0.5) is 5.69 Å². The van der Waals surface area contributed by atoms with Crippen LogP contribution >= 0.6 is 0 Å². The number of rotatable bonds is 2. The molecule has 0 aromatic heterocycles. The van der Waals surface area contributed by atoms with Crippen molar-refractivity contribution in [3.8, 4) is 0 Å². The summed E-state index contributed by atoms with van der Waals surface area (Å²) in [6.45, 7) is 2.00. The average Bonchev–Trinajstić information content (AvgIpc) is 3.17. The van der Waals surface area contributed by atoms with Gasteiger partial charge in [0.25, 0.3) is 0 Å². The minimum absolute atomic E-state index is 0.0439. The van der Waals surface area contributed by atoms with Gasteiger partial charge >= 0.3 is 5.97 Å². The smallest absolute Gasteiger partial charge is 0.310 e. The fourth-order valence-corrected chi connectivity index (χ4v) is 3.96. The molecule has 0 radical (unpaired) electrons. The van der Waals surface area contributed by atoms with E-state index in [1.165, 1.54) is 0 Å². The first kappa shape index (κ1) is 13.5. The Hall–Kier alpha value is -2.14. The molecule has 3 heterocycles. The van der Waals surface area contributed by atoms with Gasteiger partial charge in [0.05, 0.1) is 18.1 Å². The molecule has 5 heteroatoms. The molecule has 1 aromatic carbocycles. The molecule has 3 aliphatic heterocycles. The van der Waals surface area contributed by atoms with E-state index in [0.29, 0.717) is 0 Å². The van der Waals surface area contributed by atoms with E-state index < -0.39 is 30.0 Å². The van der Waals surface area contributed by atoms with Crippen molar-refractivity contribution in [3.63, 3.8) is 0 Å². The average molecular weight is 299 g/mol. The Morgan fingerprint density at radius 1 is 1.18 bits per heavy atom. The van der Waals surface area contributed by atoms with Crippen molar-refractivity contribution >= 4 is 17.6 Å². The molecule has 1 aromatic rings. The maximum atomic E-state index is 13.1. The van der Waals surface area contributed by atoms with Crippen LogP contribution < -0.4 is 4.90 Å². The Kier molecular flexibility index (Phi) is 2.87. The molecule has 5 nitrogen and oxygen atoms in total. The third-order valence-corrected chi connectivity index (χ3v) is 4.91. The maximum absolute atomic E-state index is 13.1. The predicted molar refractivity (Wildman–Crippen MR) is 79.5 cm³/mol. The third kappa shape index (κ3) is 1.75. The number of fused-ring (bicyclic) bond motifs is 3. The number of anilines is 1. The highest BCUT2D eigenvalue weighted by atomic mass is 16.5. The number of nitrogens with zero attached hydrogens (tertiary/aromatic N) is 1. The zero-order chi connectivity index (χ0) is 15.4. The first-order valence-corrected chi connectivity index (χ1v) is 7.55. The Labute approximate surface area is 128 Å². The number of benzene rings is 1. The second-order valence-electron chi connectivity index (χ2n) is 6.23. The highest BCUT2D eigenvalue weighted by molar-refractivity contribution is 6.00. The number of aliphatic carboxylic acids is 1. The molecule has 4 rings (SSSR count). The highest BCUT2D eigenvalue weighted by Gasteiger charge is 2.55. The Balaban J connectivity index is 1.70. The quantitative estimate of drug-likeness (QED) is 0.843. The second kappa shape index (κ2) is 4.68. The van der Waals surface area contributed by atoms with Crippen molar-refractivity contribution in [1.82, 2.24) is 0 Å². The summed E-state index contributed by atoms with van der Waals surface area (Å²) in [7, 11) is 0. The van der Waals surface area contributed by atoms with Gasteiger partial charge in [-0.15, -0.1) is 0 Å². The van der Waals surface area contributed by atoms with Gasteiger partial charge in [-0.2, -0.15) is 0 Å². The SMILES string of the molecule is C[C@@H]1Cc2ccccc2N1C(=O)[C@H]1[C@H](C(=O)O)[C@H]2C=C[C@H]1O2. The van der Waals surface area contributed by atoms with Crippen molar-refractivity contribution in [2.75, 3.05) is 4.90 Å². The molecule has 0 saturated carbocycles. The summed E-state index contributed by atoms with van der Waals surface area (Å²) in [6.07, 6.45) is 3.48. The normalized spacial score (nSPS) is 35.0. The van der Waals surface area contributed by atoms with Gasteiger partial charge in [0.1, 0.15) is 5.92 Å². The van der Waals surface area contributed by atoms with E-state index in [9.17, 15) is 14.7 Å².